The van der Waals surface area contributed by atoms with Gasteiger partial charge in [-0.15, -0.1) is 0 Å². The first-order valence-electron chi connectivity index (χ1n) is 20.1. The van der Waals surface area contributed by atoms with Crippen LogP contribution in [0.4, 0.5) is 0 Å². The first-order chi connectivity index (χ1) is 21.8. The second-order valence-corrected chi connectivity index (χ2v) is 15.1. The van der Waals surface area contributed by atoms with E-state index in [4.69, 9.17) is 9.47 Å². The van der Waals surface area contributed by atoms with Gasteiger partial charge in [-0.2, -0.15) is 0 Å². The average Bonchev–Trinajstić information content (AvgIpc) is 3.00. The van der Waals surface area contributed by atoms with E-state index in [-0.39, 0.29) is 18.4 Å². The molecule has 268 valence electrons. The highest BCUT2D eigenvalue weighted by Gasteiger charge is 2.19. The van der Waals surface area contributed by atoms with Gasteiger partial charge >= 0.3 is 11.9 Å². The van der Waals surface area contributed by atoms with Crippen LogP contribution in [0.1, 0.15) is 221 Å². The Morgan fingerprint density at radius 2 is 0.644 bits per heavy atom. The SMILES string of the molecule is CC(C)CCCCCCCCCCCCCCCOC(=O)CC(C)C(=O)OCCCCCCCCCCCCCCCC(C)C. The van der Waals surface area contributed by atoms with Crippen molar-refractivity contribution in [3.63, 3.8) is 0 Å². The van der Waals surface area contributed by atoms with E-state index >= 15 is 0 Å². The predicted octanol–water partition coefficient (Wildman–Crippen LogP) is 13.3. The molecule has 0 amide bonds. The average molecular weight is 637 g/mol. The summed E-state index contributed by atoms with van der Waals surface area (Å²) in [5, 5.41) is 0. The maximum atomic E-state index is 12.2. The van der Waals surface area contributed by atoms with Crippen molar-refractivity contribution in [2.24, 2.45) is 17.8 Å². The summed E-state index contributed by atoms with van der Waals surface area (Å²) in [5.74, 6) is 0.736. The van der Waals surface area contributed by atoms with E-state index in [0.29, 0.717) is 13.2 Å². The van der Waals surface area contributed by atoms with Gasteiger partial charge in [-0.25, -0.2) is 0 Å². The Balaban J connectivity index is 3.39. The van der Waals surface area contributed by atoms with Crippen molar-refractivity contribution < 1.29 is 19.1 Å². The smallest absolute Gasteiger partial charge is 0.309 e. The van der Waals surface area contributed by atoms with Crippen LogP contribution in [0.25, 0.3) is 0 Å². The molecule has 0 spiro atoms. The van der Waals surface area contributed by atoms with Gasteiger partial charge in [-0.1, -0.05) is 202 Å². The van der Waals surface area contributed by atoms with Crippen molar-refractivity contribution in [2.45, 2.75) is 221 Å². The minimum Gasteiger partial charge on any atom is -0.466 e. The fourth-order valence-electron chi connectivity index (χ4n) is 6.09. The molecule has 0 bridgehead atoms. The van der Waals surface area contributed by atoms with E-state index in [1.54, 1.807) is 6.92 Å². The van der Waals surface area contributed by atoms with Crippen LogP contribution in [-0.2, 0) is 19.1 Å². The molecule has 0 aliphatic rings. The Morgan fingerprint density at radius 3 is 0.956 bits per heavy atom. The van der Waals surface area contributed by atoms with Gasteiger partial charge in [0.05, 0.1) is 25.6 Å². The fourth-order valence-corrected chi connectivity index (χ4v) is 6.09. The quantitative estimate of drug-likeness (QED) is 0.0513. The number of ether oxygens (including phenoxy) is 2. The summed E-state index contributed by atoms with van der Waals surface area (Å²) in [6, 6.07) is 0. The van der Waals surface area contributed by atoms with Gasteiger partial charge in [-0.3, -0.25) is 9.59 Å². The number of hydrogen-bond donors (Lipinski definition) is 0. The van der Waals surface area contributed by atoms with Crippen molar-refractivity contribution in [2.75, 3.05) is 13.2 Å². The zero-order valence-corrected chi connectivity index (χ0v) is 31.3. The molecule has 0 aromatic heterocycles. The summed E-state index contributed by atoms with van der Waals surface area (Å²) in [5.41, 5.74) is 0. The van der Waals surface area contributed by atoms with E-state index in [1.165, 1.54) is 154 Å². The lowest BCUT2D eigenvalue weighted by Crippen LogP contribution is -2.20. The summed E-state index contributed by atoms with van der Waals surface area (Å²) in [6.07, 6.45) is 37.0. The summed E-state index contributed by atoms with van der Waals surface area (Å²) in [7, 11) is 0. The van der Waals surface area contributed by atoms with E-state index in [0.717, 1.165) is 37.5 Å². The molecule has 0 heterocycles. The summed E-state index contributed by atoms with van der Waals surface area (Å²) in [6.45, 7) is 12.0. The first-order valence-corrected chi connectivity index (χ1v) is 20.1. The first kappa shape index (κ1) is 43.9. The Bertz CT molecular complexity index is 629. The molecule has 1 unspecified atom stereocenters. The lowest BCUT2D eigenvalue weighted by molar-refractivity contribution is -0.154. The van der Waals surface area contributed by atoms with Gasteiger partial charge in [0.25, 0.3) is 0 Å². The number of unbranched alkanes of at least 4 members (excludes halogenated alkanes) is 24. The van der Waals surface area contributed by atoms with Crippen molar-refractivity contribution >= 4 is 11.9 Å². The topological polar surface area (TPSA) is 52.6 Å². The number of rotatable bonds is 35. The zero-order valence-electron chi connectivity index (χ0n) is 31.3. The van der Waals surface area contributed by atoms with Gasteiger partial charge in [0.15, 0.2) is 0 Å². The third-order valence-corrected chi connectivity index (χ3v) is 9.23. The van der Waals surface area contributed by atoms with Crippen molar-refractivity contribution in [3.8, 4) is 0 Å². The Kier molecular flexibility index (Phi) is 33.5. The molecule has 0 N–H and O–H groups in total. The molecule has 45 heavy (non-hydrogen) atoms. The van der Waals surface area contributed by atoms with E-state index in [9.17, 15) is 9.59 Å². The molecular formula is C41H80O4. The lowest BCUT2D eigenvalue weighted by Gasteiger charge is -2.11. The van der Waals surface area contributed by atoms with Crippen molar-refractivity contribution in [3.05, 3.63) is 0 Å². The predicted molar refractivity (Wildman–Crippen MR) is 195 cm³/mol. The Morgan fingerprint density at radius 1 is 0.378 bits per heavy atom. The van der Waals surface area contributed by atoms with Gasteiger partial charge in [0.2, 0.25) is 0 Å². The Hall–Kier alpha value is -1.06. The van der Waals surface area contributed by atoms with Crippen LogP contribution >= 0.6 is 0 Å². The standard InChI is InChI=1S/C41H80O4/c1-37(2)32-28-24-20-16-12-8-6-10-14-18-22-26-30-34-44-40(42)36-39(5)41(43)45-35-31-27-23-19-15-11-7-9-13-17-21-25-29-33-38(3)4/h37-39H,6-36H2,1-5H3. The summed E-state index contributed by atoms with van der Waals surface area (Å²) < 4.78 is 10.8. The normalized spacial score (nSPS) is 12.2. The molecule has 0 saturated heterocycles. The molecule has 0 aromatic rings. The fraction of sp³-hybridized carbons (Fsp3) is 0.951. The minimum absolute atomic E-state index is 0.120. The van der Waals surface area contributed by atoms with Crippen LogP contribution in [0.5, 0.6) is 0 Å². The van der Waals surface area contributed by atoms with Gasteiger partial charge in [0.1, 0.15) is 0 Å². The molecule has 0 aromatic carbocycles. The number of esters is 2. The highest BCUT2D eigenvalue weighted by atomic mass is 16.5. The highest BCUT2D eigenvalue weighted by molar-refractivity contribution is 5.79. The molecule has 0 aliphatic carbocycles. The molecule has 0 saturated carbocycles. The van der Waals surface area contributed by atoms with Crippen LogP contribution in [-0.4, -0.2) is 25.2 Å². The maximum Gasteiger partial charge on any atom is 0.309 e. The van der Waals surface area contributed by atoms with Gasteiger partial charge in [0, 0.05) is 0 Å². The van der Waals surface area contributed by atoms with Gasteiger partial charge < -0.3 is 9.47 Å². The Labute approximate surface area is 282 Å². The van der Waals surface area contributed by atoms with E-state index in [2.05, 4.69) is 27.7 Å². The van der Waals surface area contributed by atoms with E-state index < -0.39 is 5.92 Å². The largest absolute Gasteiger partial charge is 0.466 e. The number of carbonyl (C=O) groups excluding carboxylic acids is 2. The summed E-state index contributed by atoms with van der Waals surface area (Å²) in [4.78, 5) is 24.4. The minimum atomic E-state index is -0.428. The third-order valence-electron chi connectivity index (χ3n) is 9.23. The van der Waals surface area contributed by atoms with Crippen LogP contribution in [0.2, 0.25) is 0 Å². The molecular weight excluding hydrogens is 556 g/mol. The van der Waals surface area contributed by atoms with E-state index in [1.807, 2.05) is 0 Å². The van der Waals surface area contributed by atoms with Crippen LogP contribution in [0, 0.1) is 17.8 Å². The molecule has 4 heteroatoms. The number of hydrogen-bond acceptors (Lipinski definition) is 4. The highest BCUT2D eigenvalue weighted by Crippen LogP contribution is 2.16. The molecule has 0 fully saturated rings. The molecule has 4 nitrogen and oxygen atoms in total. The second-order valence-electron chi connectivity index (χ2n) is 15.1. The van der Waals surface area contributed by atoms with Gasteiger partial charge in [-0.05, 0) is 24.7 Å². The van der Waals surface area contributed by atoms with Crippen molar-refractivity contribution in [1.29, 1.82) is 0 Å². The third kappa shape index (κ3) is 35.6. The lowest BCUT2D eigenvalue weighted by atomic mass is 10.0. The molecule has 0 radical (unpaired) electrons. The zero-order chi connectivity index (χ0) is 33.2. The molecule has 0 rings (SSSR count). The monoisotopic (exact) mass is 637 g/mol. The van der Waals surface area contributed by atoms with Crippen LogP contribution in [0.3, 0.4) is 0 Å². The number of carbonyl (C=O) groups is 2. The second kappa shape index (κ2) is 34.3. The van der Waals surface area contributed by atoms with Crippen LogP contribution < -0.4 is 0 Å². The van der Waals surface area contributed by atoms with Crippen LogP contribution in [0.15, 0.2) is 0 Å². The maximum absolute atomic E-state index is 12.2. The molecule has 1 atom stereocenters. The molecule has 0 aliphatic heterocycles. The summed E-state index contributed by atoms with van der Waals surface area (Å²) >= 11 is 0. The van der Waals surface area contributed by atoms with Crippen molar-refractivity contribution in [1.82, 2.24) is 0 Å².